The molecule has 0 aromatic heterocycles. The van der Waals surface area contributed by atoms with Crippen LogP contribution in [0.1, 0.15) is 34.6 Å². The van der Waals surface area contributed by atoms with Crippen molar-refractivity contribution < 1.29 is 9.53 Å². The van der Waals surface area contributed by atoms with E-state index in [1.165, 1.54) is 14.0 Å². The van der Waals surface area contributed by atoms with Crippen LogP contribution >= 0.6 is 0 Å². The molecule has 4 nitrogen and oxygen atoms in total. The van der Waals surface area contributed by atoms with Gasteiger partial charge in [0.25, 0.3) is 0 Å². The quantitative estimate of drug-likeness (QED) is 0.452. The second-order valence-corrected chi connectivity index (χ2v) is 2.70. The second kappa shape index (κ2) is 13.4. The Morgan fingerprint density at radius 3 is 1.00 bits per heavy atom. The number of hydrogen-bond donors (Lipinski definition) is 2. The Morgan fingerprint density at radius 2 is 1.00 bits per heavy atom. The van der Waals surface area contributed by atoms with Gasteiger partial charge in [0, 0.05) is 18.3 Å². The van der Waals surface area contributed by atoms with Gasteiger partial charge in [0.15, 0.2) is 0 Å². The lowest BCUT2D eigenvalue weighted by Gasteiger charge is -1.80. The van der Waals surface area contributed by atoms with E-state index in [1.807, 2.05) is 0 Å². The first-order chi connectivity index (χ1) is 5.73. The Balaban J connectivity index is -0.000000117. The van der Waals surface area contributed by atoms with Crippen LogP contribution in [0.15, 0.2) is 0 Å². The number of esters is 1. The summed E-state index contributed by atoms with van der Waals surface area (Å²) >= 11 is 0. The van der Waals surface area contributed by atoms with Gasteiger partial charge >= 0.3 is 5.97 Å². The highest BCUT2D eigenvalue weighted by Gasteiger charge is 1.75. The van der Waals surface area contributed by atoms with Gasteiger partial charge in [-0.3, -0.25) is 4.79 Å². The van der Waals surface area contributed by atoms with Crippen LogP contribution in [-0.2, 0) is 9.53 Å². The average molecular weight is 188 g/mol. The van der Waals surface area contributed by atoms with Crippen LogP contribution in [0.2, 0.25) is 0 Å². The van der Waals surface area contributed by atoms with Crippen molar-refractivity contribution in [3.8, 4) is 0 Å². The molecule has 2 N–H and O–H groups in total. The number of methoxy groups -OCH3 is 1. The van der Waals surface area contributed by atoms with Gasteiger partial charge in [0.05, 0.1) is 7.11 Å². The molecule has 0 bridgehead atoms. The van der Waals surface area contributed by atoms with Gasteiger partial charge in [-0.1, -0.05) is 0 Å². The van der Waals surface area contributed by atoms with Crippen LogP contribution in [0.4, 0.5) is 0 Å². The summed E-state index contributed by atoms with van der Waals surface area (Å²) < 4.78 is 4.11. The van der Waals surface area contributed by atoms with Gasteiger partial charge in [-0.25, -0.2) is 0 Å². The summed E-state index contributed by atoms with van der Waals surface area (Å²) in [6.45, 7) is 8.36. The molecule has 0 saturated carbocycles. The Bertz CT molecular complexity index is 145. The van der Waals surface area contributed by atoms with Crippen LogP contribution in [0.3, 0.4) is 0 Å². The summed E-state index contributed by atoms with van der Waals surface area (Å²) in [4.78, 5) is 9.59. The van der Waals surface area contributed by atoms with Gasteiger partial charge < -0.3 is 15.6 Å². The standard InChI is InChI=1S/2C3H7N.C3H6O2/c2*1-3(2)4;1-3(4)5-2/h2*4H,1-2H3;1-2H3. The molecular formula is C9H20N2O2. The minimum Gasteiger partial charge on any atom is -0.469 e. The number of carbonyl (C=O) groups is 1. The van der Waals surface area contributed by atoms with Crippen molar-refractivity contribution in [3.63, 3.8) is 0 Å². The zero-order chi connectivity index (χ0) is 11.4. The lowest BCUT2D eigenvalue weighted by molar-refractivity contribution is -0.137. The maximum Gasteiger partial charge on any atom is 0.302 e. The van der Waals surface area contributed by atoms with E-state index < -0.39 is 0 Å². The number of hydrogen-bond acceptors (Lipinski definition) is 4. The molecule has 0 radical (unpaired) electrons. The summed E-state index contributed by atoms with van der Waals surface area (Å²) in [6.07, 6.45) is 0. The van der Waals surface area contributed by atoms with E-state index in [9.17, 15) is 4.79 Å². The van der Waals surface area contributed by atoms with Gasteiger partial charge in [-0.2, -0.15) is 0 Å². The number of nitrogens with one attached hydrogen (secondary N) is 2. The molecule has 0 aromatic carbocycles. The van der Waals surface area contributed by atoms with Crippen molar-refractivity contribution in [3.05, 3.63) is 0 Å². The molecule has 0 fully saturated rings. The van der Waals surface area contributed by atoms with Crippen molar-refractivity contribution in [1.82, 2.24) is 0 Å². The van der Waals surface area contributed by atoms with Crippen LogP contribution in [-0.4, -0.2) is 24.5 Å². The van der Waals surface area contributed by atoms with E-state index in [-0.39, 0.29) is 5.97 Å². The SMILES string of the molecule is CC(C)=N.CC(C)=N.COC(C)=O. The smallest absolute Gasteiger partial charge is 0.302 e. The Morgan fingerprint density at radius 1 is 0.923 bits per heavy atom. The van der Waals surface area contributed by atoms with E-state index in [4.69, 9.17) is 10.8 Å². The molecule has 0 aliphatic rings. The normalized spacial score (nSPS) is 6.62. The fourth-order valence-electron chi connectivity index (χ4n) is 0. The van der Waals surface area contributed by atoms with Crippen molar-refractivity contribution in [1.29, 1.82) is 10.8 Å². The molecule has 0 atom stereocenters. The Hall–Kier alpha value is -1.19. The molecule has 0 aromatic rings. The molecule has 0 unspecified atom stereocenters. The van der Waals surface area contributed by atoms with E-state index in [2.05, 4.69) is 4.74 Å². The van der Waals surface area contributed by atoms with Crippen LogP contribution in [0.25, 0.3) is 0 Å². The summed E-state index contributed by atoms with van der Waals surface area (Å²) in [5, 5.41) is 13.0. The van der Waals surface area contributed by atoms with Gasteiger partial charge in [0.2, 0.25) is 0 Å². The maximum atomic E-state index is 9.59. The molecule has 0 saturated heterocycles. The highest BCUT2D eigenvalue weighted by atomic mass is 16.5. The first kappa shape index (κ1) is 17.8. The Labute approximate surface area is 80.3 Å². The van der Waals surface area contributed by atoms with E-state index in [1.54, 1.807) is 27.7 Å². The zero-order valence-electron chi connectivity index (χ0n) is 9.32. The molecule has 0 heterocycles. The third-order valence-electron chi connectivity index (χ3n) is 0.287. The van der Waals surface area contributed by atoms with Crippen molar-refractivity contribution >= 4 is 17.4 Å². The number of carbonyl (C=O) groups excluding carboxylic acids is 1. The summed E-state index contributed by atoms with van der Waals surface area (Å²) in [7, 11) is 1.35. The minimum atomic E-state index is -0.245. The Kier molecular flexibility index (Phi) is 18.3. The molecule has 0 amide bonds. The third-order valence-corrected chi connectivity index (χ3v) is 0.287. The van der Waals surface area contributed by atoms with Crippen LogP contribution < -0.4 is 0 Å². The first-order valence-corrected chi connectivity index (χ1v) is 3.82. The summed E-state index contributed by atoms with van der Waals surface area (Å²) in [6, 6.07) is 0. The van der Waals surface area contributed by atoms with Crippen molar-refractivity contribution in [2.24, 2.45) is 0 Å². The summed E-state index contributed by atoms with van der Waals surface area (Å²) in [5.41, 5.74) is 1.33. The highest BCUT2D eigenvalue weighted by molar-refractivity contribution is 5.75. The number of rotatable bonds is 0. The summed E-state index contributed by atoms with van der Waals surface area (Å²) in [5.74, 6) is -0.245. The molecule has 0 aliphatic heterocycles. The fraction of sp³-hybridized carbons (Fsp3) is 0.667. The largest absolute Gasteiger partial charge is 0.469 e. The van der Waals surface area contributed by atoms with E-state index in [0.717, 1.165) is 0 Å². The van der Waals surface area contributed by atoms with Crippen molar-refractivity contribution in [2.75, 3.05) is 7.11 Å². The van der Waals surface area contributed by atoms with Crippen LogP contribution in [0, 0.1) is 10.8 Å². The van der Waals surface area contributed by atoms with Crippen LogP contribution in [0.5, 0.6) is 0 Å². The third kappa shape index (κ3) is 1280. The lowest BCUT2D eigenvalue weighted by atomic mass is 10.5. The second-order valence-electron chi connectivity index (χ2n) is 2.70. The molecule has 13 heavy (non-hydrogen) atoms. The highest BCUT2D eigenvalue weighted by Crippen LogP contribution is 1.60. The molecule has 4 heteroatoms. The molecule has 0 rings (SSSR count). The topological polar surface area (TPSA) is 74.0 Å². The van der Waals surface area contributed by atoms with Gasteiger partial charge in [-0.05, 0) is 27.7 Å². The first-order valence-electron chi connectivity index (χ1n) is 3.82. The average Bonchev–Trinajstić information content (AvgIpc) is 1.84. The van der Waals surface area contributed by atoms with E-state index >= 15 is 0 Å². The molecule has 78 valence electrons. The monoisotopic (exact) mass is 188 g/mol. The minimum absolute atomic E-state index is 0.245. The molecular weight excluding hydrogens is 168 g/mol. The lowest BCUT2D eigenvalue weighted by Crippen LogP contribution is -1.88. The molecule has 0 spiro atoms. The molecule has 0 aliphatic carbocycles. The van der Waals surface area contributed by atoms with E-state index in [0.29, 0.717) is 11.4 Å². The predicted octanol–water partition coefficient (Wildman–Crippen LogP) is 2.27. The van der Waals surface area contributed by atoms with Gasteiger partial charge in [0.1, 0.15) is 0 Å². The number of ether oxygens (including phenoxy) is 1. The predicted molar refractivity (Wildman–Crippen MR) is 55.8 cm³/mol. The maximum absolute atomic E-state index is 9.59. The van der Waals surface area contributed by atoms with Crippen molar-refractivity contribution in [2.45, 2.75) is 34.6 Å². The zero-order valence-corrected chi connectivity index (χ0v) is 9.32. The van der Waals surface area contributed by atoms with Gasteiger partial charge in [-0.15, -0.1) is 0 Å². The fourth-order valence-corrected chi connectivity index (χ4v) is 0.